The minimum absolute atomic E-state index is 0.406. The minimum Gasteiger partial charge on any atom is -0.545 e. The predicted molar refractivity (Wildman–Crippen MR) is 91.7 cm³/mol. The van der Waals surface area contributed by atoms with Crippen LogP contribution in [0.15, 0.2) is 11.5 Å². The van der Waals surface area contributed by atoms with Crippen LogP contribution in [-0.4, -0.2) is 41.7 Å². The van der Waals surface area contributed by atoms with Gasteiger partial charge >= 0.3 is 0 Å². The molecule has 0 aromatic heterocycles. The van der Waals surface area contributed by atoms with Gasteiger partial charge in [0.2, 0.25) is 16.6 Å². The molecule has 0 aliphatic carbocycles. The number of rotatable bonds is 4. The van der Waals surface area contributed by atoms with Crippen molar-refractivity contribution in [1.29, 1.82) is 0 Å². The molecule has 118 valence electrons. The number of nitrogens with zero attached hydrogens (tertiary/aromatic N) is 1. The van der Waals surface area contributed by atoms with E-state index in [0.29, 0.717) is 11.8 Å². The van der Waals surface area contributed by atoms with Gasteiger partial charge in [-0.15, -0.1) is 0 Å². The van der Waals surface area contributed by atoms with Gasteiger partial charge in [0.05, 0.1) is 0 Å². The first-order valence-corrected chi connectivity index (χ1v) is 14.5. The molecule has 3 nitrogen and oxygen atoms in total. The van der Waals surface area contributed by atoms with Crippen molar-refractivity contribution in [3.63, 3.8) is 0 Å². The Kier molecular flexibility index (Phi) is 5.55. The monoisotopic (exact) mass is 315 g/mol. The van der Waals surface area contributed by atoms with Crippen molar-refractivity contribution in [2.45, 2.75) is 53.1 Å². The molecular weight excluding hydrogens is 282 g/mol. The second-order valence-electron chi connectivity index (χ2n) is 8.18. The van der Waals surface area contributed by atoms with Crippen LogP contribution in [0.25, 0.3) is 0 Å². The van der Waals surface area contributed by atoms with Crippen molar-refractivity contribution in [3.8, 4) is 0 Å². The molecule has 1 aliphatic heterocycles. The molecule has 0 radical (unpaired) electrons. The van der Waals surface area contributed by atoms with E-state index in [1.165, 1.54) is 0 Å². The van der Waals surface area contributed by atoms with Gasteiger partial charge in [0.25, 0.3) is 0 Å². The zero-order chi connectivity index (χ0) is 15.7. The lowest BCUT2D eigenvalue weighted by Crippen LogP contribution is -2.32. The highest BCUT2D eigenvalue weighted by Crippen LogP contribution is 2.32. The Bertz CT molecular complexity index is 335. The molecule has 0 aromatic carbocycles. The molecule has 20 heavy (non-hydrogen) atoms. The maximum Gasteiger partial charge on any atom is 0.241 e. The first-order valence-electron chi connectivity index (χ1n) is 7.69. The lowest BCUT2D eigenvalue weighted by atomic mass is 10.1. The Balaban J connectivity index is 3.19. The van der Waals surface area contributed by atoms with Crippen LogP contribution in [0.4, 0.5) is 0 Å². The molecular formula is C15H33NO2Si2. The van der Waals surface area contributed by atoms with Crippen LogP contribution in [-0.2, 0) is 8.85 Å². The third-order valence-corrected chi connectivity index (χ3v) is 4.81. The Morgan fingerprint density at radius 1 is 0.800 bits per heavy atom. The summed E-state index contributed by atoms with van der Waals surface area (Å²) >= 11 is 0. The van der Waals surface area contributed by atoms with Crippen molar-refractivity contribution in [2.24, 2.45) is 11.8 Å². The van der Waals surface area contributed by atoms with Crippen molar-refractivity contribution < 1.29 is 8.85 Å². The van der Waals surface area contributed by atoms with E-state index >= 15 is 0 Å². The SMILES string of the molecule is C[C@@H]1CN(C)C[C@H](C)C(O[Si](C)(C)C)=C1O[Si](C)(C)C. The summed E-state index contributed by atoms with van der Waals surface area (Å²) in [5.41, 5.74) is 0. The van der Waals surface area contributed by atoms with Crippen LogP contribution in [0, 0.1) is 11.8 Å². The van der Waals surface area contributed by atoms with Crippen LogP contribution in [0.3, 0.4) is 0 Å². The molecule has 1 rings (SSSR count). The minimum atomic E-state index is -1.62. The molecule has 1 aliphatic rings. The summed E-state index contributed by atoms with van der Waals surface area (Å²) in [6.45, 7) is 20.1. The Morgan fingerprint density at radius 3 is 1.35 bits per heavy atom. The average Bonchev–Trinajstić information content (AvgIpc) is 2.26. The van der Waals surface area contributed by atoms with E-state index in [9.17, 15) is 0 Å². The van der Waals surface area contributed by atoms with E-state index in [1.807, 2.05) is 0 Å². The predicted octanol–water partition coefficient (Wildman–Crippen LogP) is 4.12. The van der Waals surface area contributed by atoms with Gasteiger partial charge in [-0.3, -0.25) is 0 Å². The highest BCUT2D eigenvalue weighted by Gasteiger charge is 2.33. The molecule has 0 aromatic rings. The summed E-state index contributed by atoms with van der Waals surface area (Å²) in [7, 11) is -1.05. The summed E-state index contributed by atoms with van der Waals surface area (Å²) in [6.07, 6.45) is 0. The first kappa shape index (κ1) is 17.8. The van der Waals surface area contributed by atoms with Crippen molar-refractivity contribution in [1.82, 2.24) is 4.90 Å². The quantitative estimate of drug-likeness (QED) is 0.728. The molecule has 5 heteroatoms. The smallest absolute Gasteiger partial charge is 0.241 e. The van der Waals surface area contributed by atoms with Crippen molar-refractivity contribution in [3.05, 3.63) is 11.5 Å². The summed E-state index contributed by atoms with van der Waals surface area (Å²) < 4.78 is 12.9. The maximum atomic E-state index is 6.44. The summed E-state index contributed by atoms with van der Waals surface area (Å²) in [6, 6.07) is 0. The van der Waals surface area contributed by atoms with Crippen molar-refractivity contribution >= 4 is 16.6 Å². The lowest BCUT2D eigenvalue weighted by molar-refractivity contribution is 0.265. The number of hydrogen-bond donors (Lipinski definition) is 0. The summed E-state index contributed by atoms with van der Waals surface area (Å²) in [5, 5.41) is 0. The van der Waals surface area contributed by atoms with E-state index in [2.05, 4.69) is 65.1 Å². The Hall–Kier alpha value is -0.266. The van der Waals surface area contributed by atoms with Crippen LogP contribution in [0.1, 0.15) is 13.8 Å². The van der Waals surface area contributed by atoms with Gasteiger partial charge < -0.3 is 13.8 Å². The maximum absolute atomic E-state index is 6.44. The molecule has 0 unspecified atom stereocenters. The van der Waals surface area contributed by atoms with E-state index in [4.69, 9.17) is 8.85 Å². The zero-order valence-electron chi connectivity index (χ0n) is 14.8. The van der Waals surface area contributed by atoms with E-state index < -0.39 is 16.6 Å². The summed E-state index contributed by atoms with van der Waals surface area (Å²) in [5.74, 6) is 3.07. The normalized spacial score (nSPS) is 26.4. The molecule has 0 spiro atoms. The van der Waals surface area contributed by atoms with Gasteiger partial charge in [-0.1, -0.05) is 13.8 Å². The average molecular weight is 316 g/mol. The number of hydrogen-bond acceptors (Lipinski definition) is 3. The largest absolute Gasteiger partial charge is 0.545 e. The third-order valence-electron chi connectivity index (χ3n) is 3.14. The fourth-order valence-electron chi connectivity index (χ4n) is 2.62. The van der Waals surface area contributed by atoms with E-state index in [0.717, 1.165) is 24.6 Å². The zero-order valence-corrected chi connectivity index (χ0v) is 16.8. The second-order valence-corrected chi connectivity index (χ2v) is 17.0. The van der Waals surface area contributed by atoms with Gasteiger partial charge in [0.1, 0.15) is 11.5 Å². The van der Waals surface area contributed by atoms with Gasteiger partial charge in [-0.2, -0.15) is 0 Å². The van der Waals surface area contributed by atoms with Gasteiger partial charge in [0.15, 0.2) is 0 Å². The van der Waals surface area contributed by atoms with Crippen molar-refractivity contribution in [2.75, 3.05) is 20.1 Å². The standard InChI is InChI=1S/C15H33NO2Si2/c1-12-10-16(3)11-13(2)15(18-20(7,8)9)14(12)17-19(4,5)6/h12-13H,10-11H2,1-9H3/t12-,13+. The van der Waals surface area contributed by atoms with E-state index in [1.54, 1.807) is 0 Å². The van der Waals surface area contributed by atoms with E-state index in [-0.39, 0.29) is 0 Å². The molecule has 0 saturated heterocycles. The molecule has 0 fully saturated rings. The van der Waals surface area contributed by atoms with Crippen LogP contribution in [0.5, 0.6) is 0 Å². The second kappa shape index (κ2) is 6.24. The van der Waals surface area contributed by atoms with Gasteiger partial charge in [-0.25, -0.2) is 0 Å². The molecule has 0 saturated carbocycles. The van der Waals surface area contributed by atoms with Gasteiger partial charge in [0, 0.05) is 24.9 Å². The first-order chi connectivity index (χ1) is 8.89. The fourth-order valence-corrected chi connectivity index (χ4v) is 4.55. The lowest BCUT2D eigenvalue weighted by Gasteiger charge is -2.31. The Morgan fingerprint density at radius 2 is 1.10 bits per heavy atom. The Labute approximate surface area is 127 Å². The molecule has 0 N–H and O–H groups in total. The summed E-state index contributed by atoms with van der Waals surface area (Å²) in [4.78, 5) is 2.39. The molecule has 0 amide bonds. The topological polar surface area (TPSA) is 21.7 Å². The highest BCUT2D eigenvalue weighted by atomic mass is 28.4. The van der Waals surface area contributed by atoms with Gasteiger partial charge in [-0.05, 0) is 46.3 Å². The molecule has 0 bridgehead atoms. The third kappa shape index (κ3) is 5.62. The molecule has 2 atom stereocenters. The molecule has 1 heterocycles. The van der Waals surface area contributed by atoms with Crippen LogP contribution in [0.2, 0.25) is 39.3 Å². The highest BCUT2D eigenvalue weighted by molar-refractivity contribution is 6.70. The fraction of sp³-hybridized carbons (Fsp3) is 0.867. The van der Waals surface area contributed by atoms with Crippen LogP contribution < -0.4 is 0 Å². The van der Waals surface area contributed by atoms with Crippen LogP contribution >= 0.6 is 0 Å².